The van der Waals surface area contributed by atoms with E-state index in [4.69, 9.17) is 0 Å². The second-order valence-electron chi connectivity index (χ2n) is 4.74. The van der Waals surface area contributed by atoms with E-state index in [0.717, 1.165) is 16.7 Å². The van der Waals surface area contributed by atoms with Crippen LogP contribution in [0.2, 0.25) is 0 Å². The van der Waals surface area contributed by atoms with Gasteiger partial charge in [0.05, 0.1) is 11.8 Å². The van der Waals surface area contributed by atoms with Gasteiger partial charge in [0.15, 0.2) is 0 Å². The van der Waals surface area contributed by atoms with E-state index in [9.17, 15) is 9.50 Å². The summed E-state index contributed by atoms with van der Waals surface area (Å²) in [5.74, 6) is -0.310. The lowest BCUT2D eigenvalue weighted by molar-refractivity contribution is 0.191. The van der Waals surface area contributed by atoms with Crippen molar-refractivity contribution in [2.24, 2.45) is 0 Å². The van der Waals surface area contributed by atoms with Crippen molar-refractivity contribution in [2.45, 2.75) is 20.0 Å². The summed E-state index contributed by atoms with van der Waals surface area (Å²) in [5, 5.41) is 13.1. The Hall–Kier alpha value is -1.87. The molecule has 19 heavy (non-hydrogen) atoms. The van der Waals surface area contributed by atoms with Crippen LogP contribution in [0.15, 0.2) is 42.5 Å². The molecule has 2 rings (SSSR count). The third-order valence-electron chi connectivity index (χ3n) is 3.14. The third kappa shape index (κ3) is 3.32. The highest BCUT2D eigenvalue weighted by atomic mass is 19.1. The van der Waals surface area contributed by atoms with Crippen molar-refractivity contribution in [1.82, 2.24) is 0 Å². The molecule has 2 aromatic carbocycles. The maximum absolute atomic E-state index is 13.4. The fourth-order valence-corrected chi connectivity index (χ4v) is 2.12. The van der Waals surface area contributed by atoms with Gasteiger partial charge in [-0.15, -0.1) is 0 Å². The number of halogens is 1. The SMILES string of the molecule is Cc1ccc(C(O)CNc2ccccc2F)c(C)c1. The zero-order chi connectivity index (χ0) is 13.8. The summed E-state index contributed by atoms with van der Waals surface area (Å²) in [6.07, 6.45) is -0.653. The quantitative estimate of drug-likeness (QED) is 0.879. The van der Waals surface area contributed by atoms with E-state index in [2.05, 4.69) is 5.32 Å². The number of para-hydroxylation sites is 1. The highest BCUT2D eigenvalue weighted by Crippen LogP contribution is 2.20. The Morgan fingerprint density at radius 1 is 1.16 bits per heavy atom. The number of anilines is 1. The summed E-state index contributed by atoms with van der Waals surface area (Å²) in [6.45, 7) is 4.26. The molecule has 0 bridgehead atoms. The lowest BCUT2D eigenvalue weighted by Gasteiger charge is -2.16. The van der Waals surface area contributed by atoms with E-state index >= 15 is 0 Å². The van der Waals surface area contributed by atoms with E-state index in [0.29, 0.717) is 5.69 Å². The molecular weight excluding hydrogens is 241 g/mol. The minimum Gasteiger partial charge on any atom is -0.387 e. The molecule has 0 saturated carbocycles. The maximum atomic E-state index is 13.4. The molecule has 0 heterocycles. The Bertz CT molecular complexity index is 568. The molecule has 0 radical (unpaired) electrons. The van der Waals surface area contributed by atoms with Crippen LogP contribution in [-0.4, -0.2) is 11.7 Å². The number of rotatable bonds is 4. The highest BCUT2D eigenvalue weighted by molar-refractivity contribution is 5.45. The predicted octanol–water partition coefficient (Wildman–Crippen LogP) is 3.59. The molecule has 0 aliphatic heterocycles. The van der Waals surface area contributed by atoms with Crippen molar-refractivity contribution in [2.75, 3.05) is 11.9 Å². The second kappa shape index (κ2) is 5.85. The van der Waals surface area contributed by atoms with Crippen LogP contribution in [0.3, 0.4) is 0 Å². The second-order valence-corrected chi connectivity index (χ2v) is 4.74. The zero-order valence-corrected chi connectivity index (χ0v) is 11.2. The summed E-state index contributed by atoms with van der Waals surface area (Å²) < 4.78 is 13.4. The molecule has 2 N–H and O–H groups in total. The van der Waals surface area contributed by atoms with Gasteiger partial charge in [0.2, 0.25) is 0 Å². The summed E-state index contributed by atoms with van der Waals surface area (Å²) in [6, 6.07) is 12.4. The molecular formula is C16H18FNO. The zero-order valence-electron chi connectivity index (χ0n) is 11.2. The van der Waals surface area contributed by atoms with Crippen LogP contribution < -0.4 is 5.32 Å². The Labute approximate surface area is 112 Å². The molecule has 0 fully saturated rings. The van der Waals surface area contributed by atoms with Crippen molar-refractivity contribution in [1.29, 1.82) is 0 Å². The number of hydrogen-bond acceptors (Lipinski definition) is 2. The summed E-state index contributed by atoms with van der Waals surface area (Å²) in [7, 11) is 0. The van der Waals surface area contributed by atoms with E-state index in [1.807, 2.05) is 32.0 Å². The molecule has 2 nitrogen and oxygen atoms in total. The van der Waals surface area contributed by atoms with Crippen LogP contribution in [0.1, 0.15) is 22.8 Å². The minimum absolute atomic E-state index is 0.283. The smallest absolute Gasteiger partial charge is 0.146 e. The van der Waals surface area contributed by atoms with Gasteiger partial charge in [-0.05, 0) is 37.1 Å². The monoisotopic (exact) mass is 259 g/mol. The molecule has 0 saturated heterocycles. The molecule has 1 unspecified atom stereocenters. The third-order valence-corrected chi connectivity index (χ3v) is 3.14. The molecule has 100 valence electrons. The van der Waals surface area contributed by atoms with Gasteiger partial charge in [0.1, 0.15) is 5.82 Å². The first kappa shape index (κ1) is 13.6. The molecule has 3 heteroatoms. The number of benzene rings is 2. The molecule has 0 amide bonds. The number of nitrogens with one attached hydrogen (secondary N) is 1. The van der Waals surface area contributed by atoms with Gasteiger partial charge >= 0.3 is 0 Å². The first-order valence-corrected chi connectivity index (χ1v) is 6.31. The average molecular weight is 259 g/mol. The molecule has 0 aliphatic rings. The number of hydrogen-bond donors (Lipinski definition) is 2. The van der Waals surface area contributed by atoms with Gasteiger partial charge < -0.3 is 10.4 Å². The number of aryl methyl sites for hydroxylation is 2. The van der Waals surface area contributed by atoms with E-state index in [1.54, 1.807) is 18.2 Å². The average Bonchev–Trinajstić information content (AvgIpc) is 2.37. The van der Waals surface area contributed by atoms with Crippen LogP contribution in [-0.2, 0) is 0 Å². The first-order chi connectivity index (χ1) is 9.08. The van der Waals surface area contributed by atoms with Crippen molar-refractivity contribution < 1.29 is 9.50 Å². The minimum atomic E-state index is -0.653. The summed E-state index contributed by atoms with van der Waals surface area (Å²) in [5.41, 5.74) is 3.49. The Balaban J connectivity index is 2.05. The van der Waals surface area contributed by atoms with Crippen molar-refractivity contribution in [3.8, 4) is 0 Å². The van der Waals surface area contributed by atoms with Gasteiger partial charge in [-0.3, -0.25) is 0 Å². The van der Waals surface area contributed by atoms with E-state index in [1.165, 1.54) is 6.07 Å². The number of aliphatic hydroxyl groups excluding tert-OH is 1. The van der Waals surface area contributed by atoms with Crippen molar-refractivity contribution in [3.05, 3.63) is 65.0 Å². The molecule has 0 aromatic heterocycles. The Kier molecular flexibility index (Phi) is 4.17. The van der Waals surface area contributed by atoms with Crippen LogP contribution in [0, 0.1) is 19.7 Å². The number of aliphatic hydroxyl groups is 1. The van der Waals surface area contributed by atoms with Crippen molar-refractivity contribution >= 4 is 5.69 Å². The standard InChI is InChI=1S/C16H18FNO/c1-11-7-8-13(12(2)9-11)16(19)10-18-15-6-4-3-5-14(15)17/h3-9,16,18-19H,10H2,1-2H3. The summed E-state index contributed by atoms with van der Waals surface area (Å²) in [4.78, 5) is 0. The fraction of sp³-hybridized carbons (Fsp3) is 0.250. The van der Waals surface area contributed by atoms with Gasteiger partial charge in [-0.1, -0.05) is 35.9 Å². The topological polar surface area (TPSA) is 32.3 Å². The largest absolute Gasteiger partial charge is 0.387 e. The van der Waals surface area contributed by atoms with E-state index in [-0.39, 0.29) is 12.4 Å². The van der Waals surface area contributed by atoms with Crippen LogP contribution in [0.4, 0.5) is 10.1 Å². The van der Waals surface area contributed by atoms with E-state index < -0.39 is 6.10 Å². The fourth-order valence-electron chi connectivity index (χ4n) is 2.12. The maximum Gasteiger partial charge on any atom is 0.146 e. The molecule has 0 spiro atoms. The van der Waals surface area contributed by atoms with Crippen molar-refractivity contribution in [3.63, 3.8) is 0 Å². The summed E-state index contributed by atoms with van der Waals surface area (Å²) >= 11 is 0. The molecule has 2 aromatic rings. The Morgan fingerprint density at radius 2 is 1.89 bits per heavy atom. The first-order valence-electron chi connectivity index (χ1n) is 6.31. The normalized spacial score (nSPS) is 12.2. The van der Waals surface area contributed by atoms with Crippen LogP contribution >= 0.6 is 0 Å². The predicted molar refractivity (Wildman–Crippen MR) is 75.8 cm³/mol. The molecule has 1 atom stereocenters. The Morgan fingerprint density at radius 3 is 2.58 bits per heavy atom. The van der Waals surface area contributed by atoms with Gasteiger partial charge in [-0.25, -0.2) is 4.39 Å². The highest BCUT2D eigenvalue weighted by Gasteiger charge is 2.11. The van der Waals surface area contributed by atoms with Gasteiger partial charge in [0, 0.05) is 6.54 Å². The molecule has 0 aliphatic carbocycles. The van der Waals surface area contributed by atoms with Gasteiger partial charge in [-0.2, -0.15) is 0 Å². The van der Waals surface area contributed by atoms with Gasteiger partial charge in [0.25, 0.3) is 0 Å². The van der Waals surface area contributed by atoms with Crippen LogP contribution in [0.5, 0.6) is 0 Å². The lowest BCUT2D eigenvalue weighted by Crippen LogP contribution is -2.14. The lowest BCUT2D eigenvalue weighted by atomic mass is 10.0. The van der Waals surface area contributed by atoms with Crippen LogP contribution in [0.25, 0.3) is 0 Å².